The highest BCUT2D eigenvalue weighted by molar-refractivity contribution is 7.92. The molecule has 0 aliphatic heterocycles. The Hall–Kier alpha value is -4.96. The van der Waals surface area contributed by atoms with Gasteiger partial charge in [0, 0.05) is 83.1 Å². The van der Waals surface area contributed by atoms with E-state index in [1.165, 1.54) is 0 Å². The quantitative estimate of drug-likeness (QED) is 0.0476. The summed E-state index contributed by atoms with van der Waals surface area (Å²) in [5.41, 5.74) is 5.44. The third-order valence-electron chi connectivity index (χ3n) is 10.1. The molecular weight excluding hydrogens is 879 g/mol. The molecule has 3 amide bonds. The van der Waals surface area contributed by atoms with E-state index >= 15 is 0 Å². The molecule has 0 aromatic heterocycles. The number of ketones is 5. The van der Waals surface area contributed by atoms with Crippen LogP contribution in [0.1, 0.15) is 142 Å². The van der Waals surface area contributed by atoms with Crippen LogP contribution in [0.25, 0.3) is 0 Å². The molecule has 3 unspecified atom stereocenters. The van der Waals surface area contributed by atoms with Crippen LogP contribution in [-0.2, 0) is 72.1 Å². The highest BCUT2D eigenvalue weighted by Crippen LogP contribution is 2.17. The zero-order valence-corrected chi connectivity index (χ0v) is 38.3. The molecule has 0 saturated carbocycles. The van der Waals surface area contributed by atoms with Gasteiger partial charge in [-0.15, -0.1) is 0 Å². The topological polar surface area (TPSA) is 351 Å². The van der Waals surface area contributed by atoms with E-state index in [2.05, 4.69) is 10.6 Å². The van der Waals surface area contributed by atoms with Gasteiger partial charge in [-0.1, -0.05) is 19.8 Å². The first-order chi connectivity index (χ1) is 30.6. The molecule has 0 aromatic rings. The minimum Gasteiger partial charge on any atom is -0.481 e. The van der Waals surface area contributed by atoms with Crippen LogP contribution in [0.2, 0.25) is 0 Å². The fourth-order valence-corrected chi connectivity index (χ4v) is 7.74. The number of carbonyl (C=O) groups is 11. The van der Waals surface area contributed by atoms with Gasteiger partial charge in [0.1, 0.15) is 41.5 Å². The van der Waals surface area contributed by atoms with Crippen molar-refractivity contribution < 1.29 is 86.0 Å². The van der Waals surface area contributed by atoms with E-state index in [4.69, 9.17) is 20.3 Å². The predicted molar refractivity (Wildman–Crippen MR) is 232 cm³/mol. The van der Waals surface area contributed by atoms with Crippen LogP contribution in [0.5, 0.6) is 0 Å². The second kappa shape index (κ2) is 35.3. The van der Waals surface area contributed by atoms with Crippen molar-refractivity contribution in [3.63, 3.8) is 0 Å². The number of nitrogens with one attached hydrogen (secondary N) is 2. The summed E-state index contributed by atoms with van der Waals surface area (Å²) in [6, 6.07) is -1.44. The molecule has 0 aromatic carbocycles. The fraction of sp³-hybridized carbons (Fsp3) is 0.744. The van der Waals surface area contributed by atoms with E-state index in [9.17, 15) is 71.4 Å². The zero-order chi connectivity index (χ0) is 49.2. The molecule has 0 fully saturated rings. The summed E-state index contributed by atoms with van der Waals surface area (Å²) in [6.45, 7) is 1.92. The average Bonchev–Trinajstić information content (AvgIpc) is 3.21. The average molecular weight is 948 g/mol. The number of unbranched alkanes of at least 4 members (excludes halogenated alkanes) is 3. The zero-order valence-electron chi connectivity index (χ0n) is 37.5. The summed E-state index contributed by atoms with van der Waals surface area (Å²) >= 11 is 0. The normalized spacial score (nSPS) is 12.6. The Kier molecular flexibility index (Phi) is 32.6. The third-order valence-corrected chi connectivity index (χ3v) is 11.8. The number of hydrogen-bond donors (Lipinski definition) is 6. The van der Waals surface area contributed by atoms with Crippen molar-refractivity contribution in [2.24, 2.45) is 17.6 Å². The number of Topliss-reactive ketones (excluding diaryl/α,β-unsaturated/α-hetero) is 5. The maximum atomic E-state index is 12.6. The van der Waals surface area contributed by atoms with Gasteiger partial charge in [-0.2, -0.15) is 0 Å². The van der Waals surface area contributed by atoms with Crippen LogP contribution in [-0.4, -0.2) is 139 Å². The first kappa shape index (κ1) is 60.0. The monoisotopic (exact) mass is 947 g/mol. The van der Waals surface area contributed by atoms with Gasteiger partial charge in [0.05, 0.1) is 31.5 Å². The largest absolute Gasteiger partial charge is 0.481 e. The Morgan fingerprint density at radius 1 is 0.554 bits per heavy atom. The molecule has 0 rings (SSSR count). The molecule has 370 valence electrons. The van der Waals surface area contributed by atoms with E-state index in [0.29, 0.717) is 25.7 Å². The molecule has 0 bridgehead atoms. The SMILES string of the molecule is CCC(=O)CCCCCC(CC(=O)COCCOCCNC(=O)CCC(CC(=O)CCC(NC(=O)CCCCC(=O)CCCS(=O)(=O)CC(=O)CCCC(=O)O)C(=O)O)C(=O)O)C(N)=O. The summed E-state index contributed by atoms with van der Waals surface area (Å²) in [7, 11) is -3.76. The summed E-state index contributed by atoms with van der Waals surface area (Å²) in [5.74, 6) is -10.0. The molecule has 0 spiro atoms. The Labute approximate surface area is 380 Å². The van der Waals surface area contributed by atoms with Gasteiger partial charge in [0.2, 0.25) is 17.7 Å². The summed E-state index contributed by atoms with van der Waals surface area (Å²) < 4.78 is 34.9. The minimum absolute atomic E-state index is 0.00817. The molecule has 3 atom stereocenters. The van der Waals surface area contributed by atoms with Crippen molar-refractivity contribution in [2.45, 2.75) is 148 Å². The third kappa shape index (κ3) is 34.1. The van der Waals surface area contributed by atoms with E-state index in [0.717, 1.165) is 12.8 Å². The van der Waals surface area contributed by atoms with Crippen LogP contribution in [0.15, 0.2) is 0 Å². The van der Waals surface area contributed by atoms with E-state index in [1.54, 1.807) is 6.92 Å². The number of ether oxygens (including phenoxy) is 2. The van der Waals surface area contributed by atoms with Crippen LogP contribution < -0.4 is 16.4 Å². The number of hydrogen-bond acceptors (Lipinski definition) is 15. The summed E-state index contributed by atoms with van der Waals surface area (Å²) in [4.78, 5) is 131. The van der Waals surface area contributed by atoms with Crippen LogP contribution in [0, 0.1) is 11.8 Å². The second-order valence-corrected chi connectivity index (χ2v) is 18.1. The number of primary amides is 1. The van der Waals surface area contributed by atoms with Crippen molar-refractivity contribution in [1.29, 1.82) is 0 Å². The molecule has 7 N–H and O–H groups in total. The highest BCUT2D eigenvalue weighted by atomic mass is 32.2. The van der Waals surface area contributed by atoms with Gasteiger partial charge < -0.3 is 41.2 Å². The van der Waals surface area contributed by atoms with Crippen molar-refractivity contribution in [3.05, 3.63) is 0 Å². The number of nitrogens with two attached hydrogens (primary N) is 1. The number of amides is 3. The number of carbonyl (C=O) groups excluding carboxylic acids is 8. The maximum absolute atomic E-state index is 12.6. The van der Waals surface area contributed by atoms with Gasteiger partial charge in [0.25, 0.3) is 0 Å². The lowest BCUT2D eigenvalue weighted by molar-refractivity contribution is -0.145. The molecular formula is C43H69N3O18S. The number of carboxylic acid groups (broad SMARTS) is 3. The van der Waals surface area contributed by atoms with E-state index in [1.807, 2.05) is 0 Å². The Balaban J connectivity index is 4.34. The van der Waals surface area contributed by atoms with Crippen LogP contribution in [0.3, 0.4) is 0 Å². The molecule has 0 heterocycles. The van der Waals surface area contributed by atoms with Gasteiger partial charge in [-0.3, -0.25) is 47.9 Å². The Bertz CT molecular complexity index is 1700. The molecule has 65 heavy (non-hydrogen) atoms. The molecule has 0 radical (unpaired) electrons. The lowest BCUT2D eigenvalue weighted by Crippen LogP contribution is -2.41. The lowest BCUT2D eigenvalue weighted by atomic mass is 9.94. The summed E-state index contributed by atoms with van der Waals surface area (Å²) in [5, 5.41) is 32.6. The maximum Gasteiger partial charge on any atom is 0.326 e. The Morgan fingerprint density at radius 2 is 1.17 bits per heavy atom. The molecule has 0 aliphatic carbocycles. The van der Waals surface area contributed by atoms with Gasteiger partial charge in [-0.05, 0) is 51.4 Å². The lowest BCUT2D eigenvalue weighted by Gasteiger charge is -2.15. The van der Waals surface area contributed by atoms with Gasteiger partial charge in [-0.25, -0.2) is 13.2 Å². The number of rotatable bonds is 44. The molecule has 21 nitrogen and oxygen atoms in total. The van der Waals surface area contributed by atoms with Crippen molar-refractivity contribution >= 4 is 74.4 Å². The number of carboxylic acids is 3. The number of aliphatic carboxylic acids is 3. The first-order valence-corrected chi connectivity index (χ1v) is 23.9. The molecule has 0 aliphatic rings. The predicted octanol–water partition coefficient (Wildman–Crippen LogP) is 2.06. The van der Waals surface area contributed by atoms with Crippen LogP contribution in [0.4, 0.5) is 0 Å². The fourth-order valence-electron chi connectivity index (χ4n) is 6.37. The highest BCUT2D eigenvalue weighted by Gasteiger charge is 2.26. The molecule has 22 heteroatoms. The minimum atomic E-state index is -3.76. The van der Waals surface area contributed by atoms with Gasteiger partial charge >= 0.3 is 17.9 Å². The van der Waals surface area contributed by atoms with Crippen molar-refractivity contribution in [2.75, 3.05) is 44.5 Å². The smallest absolute Gasteiger partial charge is 0.326 e. The van der Waals surface area contributed by atoms with Crippen molar-refractivity contribution in [1.82, 2.24) is 10.6 Å². The summed E-state index contributed by atoms with van der Waals surface area (Å²) in [6.07, 6.45) is 1.90. The second-order valence-electron chi connectivity index (χ2n) is 15.9. The Morgan fingerprint density at radius 3 is 1.82 bits per heavy atom. The van der Waals surface area contributed by atoms with Gasteiger partial charge in [0.15, 0.2) is 15.6 Å². The van der Waals surface area contributed by atoms with Crippen molar-refractivity contribution in [3.8, 4) is 0 Å². The number of sulfone groups is 1. The first-order valence-electron chi connectivity index (χ1n) is 22.1. The van der Waals surface area contributed by atoms with Crippen LogP contribution >= 0.6 is 0 Å². The molecule has 0 saturated heterocycles. The van der Waals surface area contributed by atoms with E-state index < -0.39 is 87.1 Å². The van der Waals surface area contributed by atoms with E-state index in [-0.39, 0.29) is 146 Å². The standard InChI is InChI=1S/C43H69N3O18S/c1-2-32(47)11-5-3-4-10-30(41(44)56)26-36(51)28-64-24-23-63-22-21-45-38(52)20-17-31(42(57)58)27-34(49)18-19-37(43(59)60)46-39(53)15-7-6-12-33(48)14-9-25-65(61,62)29-35(50)13-8-16-40(54)55/h30-31,37H,2-29H2,1H3,(H2,44,56)(H,45,52)(H,46,53)(H,54,55)(H,57,58)(H,59,60).